The Bertz CT molecular complexity index is 506. The van der Waals surface area contributed by atoms with E-state index in [2.05, 4.69) is 65.1 Å². The zero-order valence-electron chi connectivity index (χ0n) is 15.7. The second kappa shape index (κ2) is 8.37. The molecule has 0 bridgehead atoms. The number of nitrogens with one attached hydrogen (secondary N) is 1. The number of rotatable bonds is 10. The Morgan fingerprint density at radius 2 is 1.65 bits per heavy atom. The molecule has 1 aromatic rings. The van der Waals surface area contributed by atoms with Gasteiger partial charge in [-0.2, -0.15) is 0 Å². The van der Waals surface area contributed by atoms with Gasteiger partial charge in [-0.3, -0.25) is 4.79 Å². The van der Waals surface area contributed by atoms with Crippen LogP contribution in [0.15, 0.2) is 18.2 Å². The minimum Gasteiger partial charge on any atom is -0.494 e. The summed E-state index contributed by atoms with van der Waals surface area (Å²) in [7, 11) is 0. The molecular weight excluding hydrogens is 286 g/mol. The van der Waals surface area contributed by atoms with E-state index in [0.29, 0.717) is 13.2 Å². The first-order valence-electron chi connectivity index (χ1n) is 8.73. The standard InChI is InChI=1S/C20H33NO2/c1-7-19(3,4)17-11-10-16(23-13-9-12-21-15-22)14-18(17)20(5,6)8-2/h10-11,14-15H,7-9,12-13H2,1-6H3,(H,21,22). The van der Waals surface area contributed by atoms with Crippen molar-refractivity contribution in [3.8, 4) is 5.75 Å². The van der Waals surface area contributed by atoms with Crippen molar-refractivity contribution >= 4 is 6.41 Å². The minimum absolute atomic E-state index is 0.125. The Kier molecular flexibility index (Phi) is 7.11. The maximum Gasteiger partial charge on any atom is 0.207 e. The van der Waals surface area contributed by atoms with Crippen LogP contribution in [0.2, 0.25) is 0 Å². The molecule has 0 aliphatic heterocycles. The van der Waals surface area contributed by atoms with Gasteiger partial charge in [-0.05, 0) is 53.4 Å². The van der Waals surface area contributed by atoms with Gasteiger partial charge in [0.05, 0.1) is 6.61 Å². The summed E-state index contributed by atoms with van der Waals surface area (Å²) in [5.41, 5.74) is 3.09. The van der Waals surface area contributed by atoms with Crippen molar-refractivity contribution in [1.29, 1.82) is 0 Å². The maximum absolute atomic E-state index is 10.2. The van der Waals surface area contributed by atoms with E-state index in [1.807, 2.05) is 0 Å². The molecule has 1 amide bonds. The zero-order chi connectivity index (χ0) is 17.5. The molecule has 0 spiro atoms. The van der Waals surface area contributed by atoms with Crippen molar-refractivity contribution in [2.45, 2.75) is 71.6 Å². The topological polar surface area (TPSA) is 38.3 Å². The SMILES string of the molecule is CCC(C)(C)c1ccc(OCCCNC=O)cc1C(C)(C)CC. The second-order valence-electron chi connectivity index (χ2n) is 7.46. The van der Waals surface area contributed by atoms with Crippen LogP contribution in [0.4, 0.5) is 0 Å². The summed E-state index contributed by atoms with van der Waals surface area (Å²) >= 11 is 0. The summed E-state index contributed by atoms with van der Waals surface area (Å²) in [5.74, 6) is 0.920. The molecular formula is C20H33NO2. The fourth-order valence-electron chi connectivity index (χ4n) is 2.57. The van der Waals surface area contributed by atoms with E-state index in [-0.39, 0.29) is 10.8 Å². The lowest BCUT2D eigenvalue weighted by molar-refractivity contribution is -0.109. The highest BCUT2D eigenvalue weighted by Gasteiger charge is 2.29. The van der Waals surface area contributed by atoms with Gasteiger partial charge in [-0.15, -0.1) is 0 Å². The number of carbonyl (C=O) groups excluding carboxylic acids is 1. The highest BCUT2D eigenvalue weighted by Crippen LogP contribution is 2.39. The largest absolute Gasteiger partial charge is 0.494 e. The summed E-state index contributed by atoms with van der Waals surface area (Å²) in [4.78, 5) is 10.2. The first-order chi connectivity index (χ1) is 10.8. The monoisotopic (exact) mass is 319 g/mol. The molecule has 0 aliphatic rings. The molecule has 3 nitrogen and oxygen atoms in total. The lowest BCUT2D eigenvalue weighted by Gasteiger charge is -2.34. The average Bonchev–Trinajstić information content (AvgIpc) is 2.54. The normalized spacial score (nSPS) is 12.1. The van der Waals surface area contributed by atoms with Crippen molar-refractivity contribution in [3.05, 3.63) is 29.3 Å². The first kappa shape index (κ1) is 19.5. The summed E-state index contributed by atoms with van der Waals surface area (Å²) in [6.07, 6.45) is 3.74. The highest BCUT2D eigenvalue weighted by atomic mass is 16.5. The quantitative estimate of drug-likeness (QED) is 0.506. The van der Waals surface area contributed by atoms with E-state index < -0.39 is 0 Å². The lowest BCUT2D eigenvalue weighted by Crippen LogP contribution is -2.25. The third-order valence-electron chi connectivity index (χ3n) is 5.03. The molecule has 130 valence electrons. The number of ether oxygens (including phenoxy) is 1. The van der Waals surface area contributed by atoms with Crippen LogP contribution in [0.5, 0.6) is 5.75 Å². The number of hydrogen-bond donors (Lipinski definition) is 1. The molecule has 3 heteroatoms. The minimum atomic E-state index is 0.125. The molecule has 0 aromatic heterocycles. The van der Waals surface area contributed by atoms with E-state index in [0.717, 1.165) is 31.4 Å². The van der Waals surface area contributed by atoms with Crippen LogP contribution in [0.1, 0.15) is 71.9 Å². The Labute approximate surface area is 141 Å². The average molecular weight is 319 g/mol. The van der Waals surface area contributed by atoms with Crippen LogP contribution in [0.25, 0.3) is 0 Å². The van der Waals surface area contributed by atoms with Crippen LogP contribution in [-0.2, 0) is 15.6 Å². The van der Waals surface area contributed by atoms with E-state index in [1.54, 1.807) is 0 Å². The van der Waals surface area contributed by atoms with Crippen molar-refractivity contribution in [3.63, 3.8) is 0 Å². The molecule has 0 radical (unpaired) electrons. The van der Waals surface area contributed by atoms with Crippen LogP contribution in [0, 0.1) is 0 Å². The molecule has 1 rings (SSSR count). The van der Waals surface area contributed by atoms with Crippen LogP contribution >= 0.6 is 0 Å². The second-order valence-corrected chi connectivity index (χ2v) is 7.46. The third-order valence-corrected chi connectivity index (χ3v) is 5.03. The summed E-state index contributed by atoms with van der Waals surface area (Å²) in [6.45, 7) is 15.0. The fraction of sp³-hybridized carbons (Fsp3) is 0.650. The smallest absolute Gasteiger partial charge is 0.207 e. The van der Waals surface area contributed by atoms with Crippen LogP contribution in [0.3, 0.4) is 0 Å². The van der Waals surface area contributed by atoms with E-state index in [4.69, 9.17) is 4.74 Å². The molecule has 1 aromatic carbocycles. The van der Waals surface area contributed by atoms with Gasteiger partial charge in [0.15, 0.2) is 0 Å². The molecule has 0 aliphatic carbocycles. The van der Waals surface area contributed by atoms with Crippen molar-refractivity contribution in [1.82, 2.24) is 5.32 Å². The van der Waals surface area contributed by atoms with Crippen LogP contribution < -0.4 is 10.1 Å². The lowest BCUT2D eigenvalue weighted by atomic mass is 9.71. The predicted octanol–water partition coefficient (Wildman–Crippen LogP) is 4.58. The maximum atomic E-state index is 10.2. The molecule has 0 saturated carbocycles. The molecule has 23 heavy (non-hydrogen) atoms. The predicted molar refractivity (Wildman–Crippen MR) is 97.3 cm³/mol. The van der Waals surface area contributed by atoms with Gasteiger partial charge >= 0.3 is 0 Å². The Morgan fingerprint density at radius 3 is 2.22 bits per heavy atom. The van der Waals surface area contributed by atoms with Crippen molar-refractivity contribution < 1.29 is 9.53 Å². The van der Waals surface area contributed by atoms with Gasteiger partial charge in [0.1, 0.15) is 5.75 Å². The van der Waals surface area contributed by atoms with Gasteiger partial charge in [-0.25, -0.2) is 0 Å². The Hall–Kier alpha value is -1.51. The summed E-state index contributed by atoms with van der Waals surface area (Å²) in [6, 6.07) is 6.52. The van der Waals surface area contributed by atoms with E-state index in [1.165, 1.54) is 11.1 Å². The van der Waals surface area contributed by atoms with Gasteiger partial charge in [-0.1, -0.05) is 47.6 Å². The zero-order valence-corrected chi connectivity index (χ0v) is 15.7. The molecule has 0 unspecified atom stereocenters. The van der Waals surface area contributed by atoms with Crippen molar-refractivity contribution in [2.75, 3.05) is 13.2 Å². The van der Waals surface area contributed by atoms with E-state index in [9.17, 15) is 4.79 Å². The van der Waals surface area contributed by atoms with Gasteiger partial charge in [0.25, 0.3) is 0 Å². The number of carbonyl (C=O) groups is 1. The number of amides is 1. The van der Waals surface area contributed by atoms with Crippen LogP contribution in [-0.4, -0.2) is 19.6 Å². The summed E-state index contributed by atoms with van der Waals surface area (Å²) < 4.78 is 5.88. The first-order valence-corrected chi connectivity index (χ1v) is 8.73. The molecule has 0 saturated heterocycles. The highest BCUT2D eigenvalue weighted by molar-refractivity contribution is 5.45. The van der Waals surface area contributed by atoms with Gasteiger partial charge < -0.3 is 10.1 Å². The van der Waals surface area contributed by atoms with Gasteiger partial charge in [0.2, 0.25) is 6.41 Å². The van der Waals surface area contributed by atoms with E-state index >= 15 is 0 Å². The Balaban J connectivity index is 3.01. The molecule has 1 N–H and O–H groups in total. The van der Waals surface area contributed by atoms with Gasteiger partial charge in [0, 0.05) is 6.54 Å². The Morgan fingerprint density at radius 1 is 1.04 bits per heavy atom. The molecule has 0 atom stereocenters. The summed E-state index contributed by atoms with van der Waals surface area (Å²) in [5, 5.41) is 2.66. The number of hydrogen-bond acceptors (Lipinski definition) is 2. The van der Waals surface area contributed by atoms with Crippen molar-refractivity contribution in [2.24, 2.45) is 0 Å². The fourth-order valence-corrected chi connectivity index (χ4v) is 2.57. The molecule has 0 fully saturated rings. The third kappa shape index (κ3) is 5.26. The number of benzene rings is 1. The molecule has 0 heterocycles.